The summed E-state index contributed by atoms with van der Waals surface area (Å²) in [6, 6.07) is 0. The fourth-order valence-electron chi connectivity index (χ4n) is 2.91. The molecule has 1 aromatic rings. The van der Waals surface area contributed by atoms with E-state index < -0.39 is 5.97 Å². The summed E-state index contributed by atoms with van der Waals surface area (Å²) in [5.41, 5.74) is 0. The van der Waals surface area contributed by atoms with Crippen LogP contribution >= 0.6 is 11.3 Å². The van der Waals surface area contributed by atoms with E-state index in [0.29, 0.717) is 29.6 Å². The molecule has 0 aromatic carbocycles. The van der Waals surface area contributed by atoms with E-state index in [9.17, 15) is 4.79 Å². The van der Waals surface area contributed by atoms with Gasteiger partial charge in [0.15, 0.2) is 0 Å². The first kappa shape index (κ1) is 16.2. The Morgan fingerprint density at radius 3 is 2.81 bits per heavy atom. The summed E-state index contributed by atoms with van der Waals surface area (Å²) in [7, 11) is 0. The normalized spacial score (nSPS) is 25.9. The van der Waals surface area contributed by atoms with Crippen molar-refractivity contribution in [3.63, 3.8) is 0 Å². The summed E-state index contributed by atoms with van der Waals surface area (Å²) in [4.78, 5) is 11.6. The molecule has 0 spiro atoms. The minimum atomic E-state index is -0.428. The van der Waals surface area contributed by atoms with Gasteiger partial charge in [0, 0.05) is 0 Å². The Kier molecular flexibility index (Phi) is 5.56. The first-order valence-corrected chi connectivity index (χ1v) is 8.50. The molecule has 1 saturated carbocycles. The van der Waals surface area contributed by atoms with Gasteiger partial charge in [-0.1, -0.05) is 32.3 Å². The molecule has 3 unspecified atom stereocenters. The van der Waals surface area contributed by atoms with E-state index in [1.807, 2.05) is 0 Å². The zero-order valence-corrected chi connectivity index (χ0v) is 14.0. The summed E-state index contributed by atoms with van der Waals surface area (Å²) < 4.78 is 11.0. The lowest BCUT2D eigenvalue weighted by Gasteiger charge is -2.36. The monoisotopic (exact) mass is 312 g/mol. The molecule has 1 aliphatic carbocycles. The molecule has 0 aliphatic heterocycles. The minimum Gasteiger partial charge on any atom is -0.465 e. The van der Waals surface area contributed by atoms with E-state index in [4.69, 9.17) is 9.47 Å². The van der Waals surface area contributed by atoms with E-state index in [1.165, 1.54) is 24.2 Å². The van der Waals surface area contributed by atoms with Crippen LogP contribution in [0.25, 0.3) is 0 Å². The fourth-order valence-corrected chi connectivity index (χ4v) is 3.56. The van der Waals surface area contributed by atoms with Crippen LogP contribution in [0, 0.1) is 17.8 Å². The molecule has 0 amide bonds. The molecule has 1 aliphatic rings. The van der Waals surface area contributed by atoms with E-state index in [0.717, 1.165) is 6.42 Å². The van der Waals surface area contributed by atoms with Gasteiger partial charge in [-0.25, -0.2) is 4.79 Å². The molecular formula is C15H24N2O3S. The highest BCUT2D eigenvalue weighted by Crippen LogP contribution is 2.36. The molecule has 21 heavy (non-hydrogen) atoms. The lowest BCUT2D eigenvalue weighted by molar-refractivity contribution is 0.0453. The van der Waals surface area contributed by atoms with Crippen molar-refractivity contribution in [1.29, 1.82) is 0 Å². The number of nitrogens with zero attached hydrogens (tertiary/aromatic N) is 2. The Hall–Kier alpha value is -1.17. The Bertz CT molecular complexity index is 475. The van der Waals surface area contributed by atoms with Crippen molar-refractivity contribution in [2.75, 3.05) is 6.61 Å². The van der Waals surface area contributed by atoms with E-state index in [1.54, 1.807) is 6.92 Å². The van der Waals surface area contributed by atoms with Crippen molar-refractivity contribution in [2.24, 2.45) is 17.8 Å². The van der Waals surface area contributed by atoms with Crippen molar-refractivity contribution in [3.8, 4) is 5.19 Å². The predicted octanol–water partition coefficient (Wildman–Crippen LogP) is 3.55. The van der Waals surface area contributed by atoms with Gasteiger partial charge in [-0.15, -0.1) is 5.10 Å². The zero-order valence-electron chi connectivity index (χ0n) is 13.2. The number of rotatable bonds is 5. The van der Waals surface area contributed by atoms with E-state index in [-0.39, 0.29) is 11.1 Å². The van der Waals surface area contributed by atoms with Crippen LogP contribution in [0.4, 0.5) is 0 Å². The van der Waals surface area contributed by atoms with Gasteiger partial charge in [-0.2, -0.15) is 0 Å². The topological polar surface area (TPSA) is 61.3 Å². The summed E-state index contributed by atoms with van der Waals surface area (Å²) in [5.74, 6) is 1.36. The third-order valence-electron chi connectivity index (χ3n) is 4.07. The largest absolute Gasteiger partial charge is 0.465 e. The van der Waals surface area contributed by atoms with Crippen LogP contribution in [0.2, 0.25) is 0 Å². The van der Waals surface area contributed by atoms with Crippen molar-refractivity contribution < 1.29 is 14.3 Å². The third-order valence-corrected chi connectivity index (χ3v) is 4.86. The molecule has 0 radical (unpaired) electrons. The summed E-state index contributed by atoms with van der Waals surface area (Å²) in [5, 5.41) is 8.57. The molecular weight excluding hydrogens is 288 g/mol. The number of hydrogen-bond acceptors (Lipinski definition) is 6. The van der Waals surface area contributed by atoms with Crippen LogP contribution in [-0.4, -0.2) is 28.9 Å². The number of ether oxygens (including phenoxy) is 2. The summed E-state index contributed by atoms with van der Waals surface area (Å²) in [6.45, 7) is 8.84. The standard InChI is InChI=1S/C15H24N2O3S/c1-5-19-14(18)13-16-17-15(21-13)20-12-8-10(4)6-7-11(12)9(2)3/h9-12H,5-8H2,1-4H3. The number of carbonyl (C=O) groups is 1. The Balaban J connectivity index is 2.03. The lowest BCUT2D eigenvalue weighted by atomic mass is 9.75. The molecule has 1 heterocycles. The highest BCUT2D eigenvalue weighted by molar-refractivity contribution is 7.14. The minimum absolute atomic E-state index is 0.164. The van der Waals surface area contributed by atoms with Crippen LogP contribution < -0.4 is 4.74 Å². The van der Waals surface area contributed by atoms with Gasteiger partial charge in [0.05, 0.1) is 6.61 Å². The maximum absolute atomic E-state index is 11.6. The second-order valence-corrected chi connectivity index (χ2v) is 7.02. The maximum Gasteiger partial charge on any atom is 0.369 e. The first-order valence-electron chi connectivity index (χ1n) is 7.68. The van der Waals surface area contributed by atoms with Crippen molar-refractivity contribution in [2.45, 2.75) is 53.1 Å². The van der Waals surface area contributed by atoms with Gasteiger partial charge in [0.25, 0.3) is 5.19 Å². The van der Waals surface area contributed by atoms with Crippen molar-refractivity contribution in [3.05, 3.63) is 5.01 Å². The van der Waals surface area contributed by atoms with Gasteiger partial charge in [-0.05, 0) is 48.9 Å². The van der Waals surface area contributed by atoms with Crippen LogP contribution in [0.3, 0.4) is 0 Å². The number of carbonyl (C=O) groups excluding carboxylic acids is 1. The molecule has 0 saturated heterocycles. The molecule has 118 valence electrons. The second kappa shape index (κ2) is 7.20. The average Bonchev–Trinajstić information content (AvgIpc) is 2.87. The maximum atomic E-state index is 11.6. The fraction of sp³-hybridized carbons (Fsp3) is 0.800. The smallest absolute Gasteiger partial charge is 0.369 e. The number of esters is 1. The van der Waals surface area contributed by atoms with Gasteiger partial charge in [0.2, 0.25) is 5.01 Å². The SMILES string of the molecule is CCOC(=O)c1nnc(OC2CC(C)CCC2C(C)C)s1. The molecule has 3 atom stereocenters. The second-order valence-electron chi connectivity index (χ2n) is 6.08. The molecule has 0 N–H and O–H groups in total. The number of aromatic nitrogens is 2. The van der Waals surface area contributed by atoms with E-state index in [2.05, 4.69) is 31.0 Å². The van der Waals surface area contributed by atoms with Gasteiger partial charge >= 0.3 is 5.97 Å². The summed E-state index contributed by atoms with van der Waals surface area (Å²) >= 11 is 1.17. The van der Waals surface area contributed by atoms with Gasteiger partial charge in [-0.3, -0.25) is 0 Å². The Labute approximate surface area is 130 Å². The van der Waals surface area contributed by atoms with Crippen molar-refractivity contribution in [1.82, 2.24) is 10.2 Å². The molecule has 2 rings (SSSR count). The molecule has 1 aromatic heterocycles. The van der Waals surface area contributed by atoms with Gasteiger partial charge < -0.3 is 9.47 Å². The van der Waals surface area contributed by atoms with E-state index >= 15 is 0 Å². The highest BCUT2D eigenvalue weighted by atomic mass is 32.1. The lowest BCUT2D eigenvalue weighted by Crippen LogP contribution is -2.36. The molecule has 6 heteroatoms. The molecule has 1 fully saturated rings. The quantitative estimate of drug-likeness (QED) is 0.778. The Morgan fingerprint density at radius 1 is 1.38 bits per heavy atom. The molecule has 5 nitrogen and oxygen atoms in total. The van der Waals surface area contributed by atoms with Crippen molar-refractivity contribution >= 4 is 17.3 Å². The average molecular weight is 312 g/mol. The molecule has 0 bridgehead atoms. The van der Waals surface area contributed by atoms with Crippen LogP contribution in [-0.2, 0) is 4.74 Å². The number of hydrogen-bond donors (Lipinski definition) is 0. The van der Waals surface area contributed by atoms with Crippen LogP contribution in [0.1, 0.15) is 56.8 Å². The summed E-state index contributed by atoms with van der Waals surface area (Å²) in [6.07, 6.45) is 3.65. The highest BCUT2D eigenvalue weighted by Gasteiger charge is 2.33. The zero-order chi connectivity index (χ0) is 15.4. The van der Waals surface area contributed by atoms with Crippen LogP contribution in [0.5, 0.6) is 5.19 Å². The third kappa shape index (κ3) is 4.15. The van der Waals surface area contributed by atoms with Crippen LogP contribution in [0.15, 0.2) is 0 Å². The van der Waals surface area contributed by atoms with Gasteiger partial charge in [0.1, 0.15) is 6.10 Å². The predicted molar refractivity (Wildman–Crippen MR) is 81.6 cm³/mol. The Morgan fingerprint density at radius 2 is 2.14 bits per heavy atom. The first-order chi connectivity index (χ1) is 10.0.